The third kappa shape index (κ3) is 4.82. The number of anilines is 1. The third-order valence-electron chi connectivity index (χ3n) is 7.16. The highest BCUT2D eigenvalue weighted by molar-refractivity contribution is 5.89. The number of nitrogens with one attached hydrogen (secondary N) is 2. The fourth-order valence-electron chi connectivity index (χ4n) is 5.54. The number of urea groups is 1. The van der Waals surface area contributed by atoms with Crippen LogP contribution in [0.5, 0.6) is 11.5 Å². The van der Waals surface area contributed by atoms with Gasteiger partial charge in [0.2, 0.25) is 0 Å². The molecule has 2 aromatic rings. The summed E-state index contributed by atoms with van der Waals surface area (Å²) >= 11 is 0. The molecule has 2 N–H and O–H groups in total. The lowest BCUT2D eigenvalue weighted by Crippen LogP contribution is -2.52. The van der Waals surface area contributed by atoms with Crippen LogP contribution in [-0.2, 0) is 5.41 Å². The number of ether oxygens (including phenoxy) is 2. The molecule has 3 unspecified atom stereocenters. The zero-order valence-corrected chi connectivity index (χ0v) is 20.0. The summed E-state index contributed by atoms with van der Waals surface area (Å²) < 4.78 is 38.2. The molecular weight excluding hydrogens is 440 g/mol. The zero-order valence-electron chi connectivity index (χ0n) is 20.0. The van der Waals surface area contributed by atoms with Gasteiger partial charge in [0.05, 0.1) is 13.2 Å². The van der Waals surface area contributed by atoms with Gasteiger partial charge in [0.1, 0.15) is 0 Å². The number of hydrogen-bond donors (Lipinski definition) is 2. The minimum absolute atomic E-state index is 0.0138. The smallest absolute Gasteiger partial charge is 0.319 e. The van der Waals surface area contributed by atoms with E-state index in [2.05, 4.69) is 34.7 Å². The molecule has 1 saturated heterocycles. The first kappa shape index (κ1) is 24.3. The Kier molecular flexibility index (Phi) is 7.26. The summed E-state index contributed by atoms with van der Waals surface area (Å²) in [4.78, 5) is 14.9. The average Bonchev–Trinajstić information content (AvgIpc) is 3.15. The van der Waals surface area contributed by atoms with Gasteiger partial charge in [-0.05, 0) is 83.0 Å². The second-order valence-corrected chi connectivity index (χ2v) is 9.13. The first-order valence-electron chi connectivity index (χ1n) is 12.0. The number of likely N-dealkylation sites (N-methyl/N-ethyl adjacent to an activating group) is 1. The molecule has 0 radical (unpaired) electrons. The quantitative estimate of drug-likeness (QED) is 0.589. The van der Waals surface area contributed by atoms with Crippen molar-refractivity contribution in [3.63, 3.8) is 0 Å². The summed E-state index contributed by atoms with van der Waals surface area (Å²) in [5.41, 5.74) is 1.45. The minimum Gasteiger partial charge on any atom is -0.490 e. The van der Waals surface area contributed by atoms with Crippen LogP contribution in [0, 0.1) is 11.6 Å². The highest BCUT2D eigenvalue weighted by atomic mass is 19.2. The Labute approximate surface area is 199 Å². The van der Waals surface area contributed by atoms with Gasteiger partial charge in [-0.25, -0.2) is 13.6 Å². The summed E-state index contributed by atoms with van der Waals surface area (Å²) in [6.45, 7) is 6.06. The number of hydrogen-bond acceptors (Lipinski definition) is 4. The van der Waals surface area contributed by atoms with Gasteiger partial charge in [0.15, 0.2) is 23.1 Å². The van der Waals surface area contributed by atoms with Crippen LogP contribution in [0.25, 0.3) is 0 Å². The zero-order chi connectivity index (χ0) is 24.3. The molecule has 2 aliphatic rings. The molecule has 184 valence electrons. The fourth-order valence-corrected chi connectivity index (χ4v) is 5.54. The van der Waals surface area contributed by atoms with E-state index in [1.165, 1.54) is 11.6 Å². The van der Waals surface area contributed by atoms with Crippen molar-refractivity contribution in [1.29, 1.82) is 0 Å². The number of fused-ring (bicyclic) bond motifs is 1. The van der Waals surface area contributed by atoms with Crippen molar-refractivity contribution in [2.75, 3.05) is 32.1 Å². The molecule has 1 aliphatic carbocycles. The van der Waals surface area contributed by atoms with Crippen molar-refractivity contribution in [2.24, 2.45) is 0 Å². The topological polar surface area (TPSA) is 62.8 Å². The van der Waals surface area contributed by atoms with E-state index in [0.29, 0.717) is 13.2 Å². The van der Waals surface area contributed by atoms with E-state index in [0.717, 1.165) is 55.9 Å². The molecule has 2 fully saturated rings. The summed E-state index contributed by atoms with van der Waals surface area (Å²) in [6.07, 6.45) is 3.60. The van der Waals surface area contributed by atoms with E-state index in [4.69, 9.17) is 9.47 Å². The van der Waals surface area contributed by atoms with Crippen LogP contribution in [-0.4, -0.2) is 49.8 Å². The number of likely N-dealkylation sites (tertiary alicyclic amines) is 1. The number of rotatable bonds is 7. The van der Waals surface area contributed by atoms with Gasteiger partial charge in [-0.15, -0.1) is 0 Å². The Morgan fingerprint density at radius 3 is 2.56 bits per heavy atom. The normalized spacial score (nSPS) is 24.4. The molecule has 1 aliphatic heterocycles. The Bertz CT molecular complexity index is 1030. The molecule has 8 heteroatoms. The van der Waals surface area contributed by atoms with Gasteiger partial charge in [-0.2, -0.15) is 0 Å². The van der Waals surface area contributed by atoms with Crippen molar-refractivity contribution in [2.45, 2.75) is 57.0 Å². The molecular formula is C26H33F2N3O3. The highest BCUT2D eigenvalue weighted by Crippen LogP contribution is 2.50. The van der Waals surface area contributed by atoms with Crippen molar-refractivity contribution < 1.29 is 23.0 Å². The largest absolute Gasteiger partial charge is 0.490 e. The van der Waals surface area contributed by atoms with Gasteiger partial charge in [-0.1, -0.05) is 6.07 Å². The first-order valence-corrected chi connectivity index (χ1v) is 12.0. The Morgan fingerprint density at radius 2 is 1.82 bits per heavy atom. The fraction of sp³-hybridized carbons (Fsp3) is 0.500. The molecule has 2 amide bonds. The van der Waals surface area contributed by atoms with Gasteiger partial charge >= 0.3 is 6.03 Å². The van der Waals surface area contributed by atoms with Gasteiger partial charge in [-0.3, -0.25) is 0 Å². The van der Waals surface area contributed by atoms with E-state index in [9.17, 15) is 13.6 Å². The monoisotopic (exact) mass is 473 g/mol. The maximum absolute atomic E-state index is 13.5. The van der Waals surface area contributed by atoms with Gasteiger partial charge in [0, 0.05) is 29.3 Å². The SMILES string of the molecule is CCOc1ccc(C23CCC(NC(=O)Nc4ccc(F)c(F)c4)CC2N(C)CC3)cc1OCC. The maximum Gasteiger partial charge on any atom is 0.319 e. The third-order valence-corrected chi connectivity index (χ3v) is 7.16. The van der Waals surface area contributed by atoms with Crippen LogP contribution in [0.1, 0.15) is 45.1 Å². The van der Waals surface area contributed by atoms with Crippen molar-refractivity contribution in [3.05, 3.63) is 53.6 Å². The Morgan fingerprint density at radius 1 is 1.06 bits per heavy atom. The van der Waals surface area contributed by atoms with Crippen molar-refractivity contribution in [1.82, 2.24) is 10.2 Å². The molecule has 0 bridgehead atoms. The number of halogens is 2. The summed E-state index contributed by atoms with van der Waals surface area (Å²) in [7, 11) is 2.13. The number of benzene rings is 2. The number of carbonyl (C=O) groups is 1. The van der Waals surface area contributed by atoms with Gasteiger partial charge in [0.25, 0.3) is 0 Å². The van der Waals surface area contributed by atoms with E-state index in [1.54, 1.807) is 0 Å². The van der Waals surface area contributed by atoms with Crippen LogP contribution in [0.2, 0.25) is 0 Å². The van der Waals surface area contributed by atoms with Crippen molar-refractivity contribution in [3.8, 4) is 11.5 Å². The summed E-state index contributed by atoms with van der Waals surface area (Å²) in [5, 5.41) is 5.63. The molecule has 34 heavy (non-hydrogen) atoms. The summed E-state index contributed by atoms with van der Waals surface area (Å²) in [6, 6.07) is 9.45. The molecule has 0 spiro atoms. The van der Waals surface area contributed by atoms with E-state index in [-0.39, 0.29) is 23.2 Å². The molecule has 6 nitrogen and oxygen atoms in total. The molecule has 3 atom stereocenters. The lowest BCUT2D eigenvalue weighted by molar-refractivity contribution is 0.156. The molecule has 2 aromatic carbocycles. The predicted molar refractivity (Wildman–Crippen MR) is 128 cm³/mol. The van der Waals surface area contributed by atoms with E-state index >= 15 is 0 Å². The highest BCUT2D eigenvalue weighted by Gasteiger charge is 2.50. The predicted octanol–water partition coefficient (Wildman–Crippen LogP) is 5.08. The van der Waals surface area contributed by atoms with E-state index in [1.807, 2.05) is 19.9 Å². The lowest BCUT2D eigenvalue weighted by Gasteiger charge is -2.45. The molecule has 0 aromatic heterocycles. The van der Waals surface area contributed by atoms with Crippen LogP contribution in [0.3, 0.4) is 0 Å². The van der Waals surface area contributed by atoms with Crippen LogP contribution < -0.4 is 20.1 Å². The average molecular weight is 474 g/mol. The second kappa shape index (κ2) is 10.2. The summed E-state index contributed by atoms with van der Waals surface area (Å²) in [5.74, 6) is -0.400. The van der Waals surface area contributed by atoms with Gasteiger partial charge < -0.3 is 25.0 Å². The number of carbonyl (C=O) groups excluding carboxylic acids is 1. The number of amides is 2. The van der Waals surface area contributed by atoms with Crippen molar-refractivity contribution >= 4 is 11.7 Å². The standard InChI is InChI=1S/C26H33F2N3O3/c1-4-33-22-9-6-17(14-23(22)34-5-2)26-11-10-19(16-24(26)31(3)13-12-26)30-25(32)29-18-7-8-20(27)21(28)15-18/h6-9,14-15,19,24H,4-5,10-13,16H2,1-3H3,(H2,29,30,32). The van der Waals surface area contributed by atoms with E-state index < -0.39 is 17.7 Å². The number of nitrogens with zero attached hydrogens (tertiary/aromatic N) is 1. The lowest BCUT2D eigenvalue weighted by atomic mass is 9.65. The Hall–Kier alpha value is -2.87. The second-order valence-electron chi connectivity index (χ2n) is 9.13. The molecule has 4 rings (SSSR count). The van der Waals surface area contributed by atoms with Crippen LogP contribution in [0.4, 0.5) is 19.3 Å². The van der Waals surface area contributed by atoms with Crippen LogP contribution in [0.15, 0.2) is 36.4 Å². The maximum atomic E-state index is 13.5. The minimum atomic E-state index is -0.991. The Balaban J connectivity index is 1.48. The molecule has 1 saturated carbocycles. The molecule has 1 heterocycles. The van der Waals surface area contributed by atoms with Crippen LogP contribution >= 0.6 is 0 Å². The first-order chi connectivity index (χ1) is 16.4.